The Kier molecular flexibility index (Phi) is 725. The summed E-state index contributed by atoms with van der Waals surface area (Å²) in [6.07, 6.45) is 0. The van der Waals surface area contributed by atoms with Gasteiger partial charge in [-0.25, -0.2) is 0 Å². The van der Waals surface area contributed by atoms with E-state index in [9.17, 15) is 0 Å². The summed E-state index contributed by atoms with van der Waals surface area (Å²) in [6, 6.07) is 0. The van der Waals surface area contributed by atoms with Crippen LogP contribution in [0.1, 0.15) is 1.43 Å². The molecule has 0 aliphatic heterocycles. The summed E-state index contributed by atoms with van der Waals surface area (Å²) in [5.41, 5.74) is 0. The Bertz CT molecular complexity index is 11.7. The van der Waals surface area contributed by atoms with E-state index < -0.39 is 0 Å². The average molecular weight is 202 g/mol. The second kappa shape index (κ2) is 53.5. The molecule has 0 saturated heterocycles. The van der Waals surface area contributed by atoms with E-state index in [4.69, 9.17) is 0 Å². The van der Waals surface area contributed by atoms with Gasteiger partial charge in [-0.1, -0.05) is 0 Å². The van der Waals surface area contributed by atoms with Gasteiger partial charge in [0.25, 0.3) is 0 Å². The zero-order chi connectivity index (χ0) is 0. The first-order chi connectivity index (χ1) is 0. The van der Waals surface area contributed by atoms with Crippen LogP contribution in [0.4, 0.5) is 0 Å². The zero-order valence-electron chi connectivity index (χ0n) is 4.29. The minimum Gasteiger partial charge on any atom is -0.870 e. The van der Waals surface area contributed by atoms with Crippen molar-refractivity contribution in [3.63, 3.8) is 0 Å². The number of hydrogen-bond acceptors (Lipinski definition) is 4. The van der Waals surface area contributed by atoms with Crippen LogP contribution in [0.25, 0.3) is 0 Å². The Morgan fingerprint density at radius 2 is 0.667 bits per heavy atom. The predicted octanol–water partition coefficient (Wildman–Crippen LogP) is -3.59. The molecule has 4 nitrogen and oxygen atoms in total. The topological polar surface area (TPSA) is 120 Å². The van der Waals surface area contributed by atoms with Crippen LogP contribution in [-0.2, 0) is 21.7 Å². The first-order valence-electron chi connectivity index (χ1n) is 0. The average Bonchev–Trinajstić information content (AvgIpc) is 0. The van der Waals surface area contributed by atoms with Crippen LogP contribution in [-0.4, -0.2) is 21.9 Å². The van der Waals surface area contributed by atoms with E-state index in [-0.39, 0.29) is 103 Å². The van der Waals surface area contributed by atoms with E-state index in [1.54, 1.807) is 0 Å². The Balaban J connectivity index is 0. The fourth-order valence-electron chi connectivity index (χ4n) is 0. The molecule has 4 N–H and O–H groups in total. The van der Waals surface area contributed by atoms with Crippen molar-refractivity contribution in [2.75, 3.05) is 0 Å². The summed E-state index contributed by atoms with van der Waals surface area (Å²) >= 11 is 0. The largest absolute Gasteiger partial charge is 1.00 e. The quantitative estimate of drug-likeness (QED) is 0.377. The normalized spacial score (nSPS) is 0. The summed E-state index contributed by atoms with van der Waals surface area (Å²) < 4.78 is 0. The minimum absolute atomic E-state index is 0. The van der Waals surface area contributed by atoms with E-state index in [1.807, 2.05) is 0 Å². The van der Waals surface area contributed by atoms with Gasteiger partial charge in [0.2, 0.25) is 0 Å². The van der Waals surface area contributed by atoms with Crippen molar-refractivity contribution in [2.24, 2.45) is 0 Å². The molecule has 0 aliphatic rings. The molecule has 0 fully saturated rings. The standard InChI is InChI=1S/4H2O.Rb.Ti/h4*1H2;;/q;;;;+1;/p-3. The maximum atomic E-state index is 0. The van der Waals surface area contributed by atoms with Crippen LogP contribution in [0.15, 0.2) is 0 Å². The van der Waals surface area contributed by atoms with Crippen molar-refractivity contribution in [1.82, 2.24) is 0 Å². The Hall–Kier alpha value is 2.36. The van der Waals surface area contributed by atoms with E-state index in [0.717, 1.165) is 0 Å². The molecule has 0 atom stereocenters. The molecule has 0 aromatic carbocycles. The van der Waals surface area contributed by atoms with E-state index in [2.05, 4.69) is 0 Å². The van der Waals surface area contributed by atoms with Gasteiger partial charge in [-0.3, -0.25) is 0 Å². The van der Waals surface area contributed by atoms with Crippen LogP contribution in [0.5, 0.6) is 0 Å². The Morgan fingerprint density at radius 3 is 0.667 bits per heavy atom. The van der Waals surface area contributed by atoms with Crippen LogP contribution in [0, 0.1) is 0 Å². The molecule has 0 aromatic rings. The third kappa shape index (κ3) is 32.8. The molecular formula is H5O4RbTi-2. The van der Waals surface area contributed by atoms with Crippen LogP contribution >= 0.6 is 0 Å². The maximum Gasteiger partial charge on any atom is 1.00 e. The van der Waals surface area contributed by atoms with Gasteiger partial charge in [0.15, 0.2) is 0 Å². The minimum atomic E-state index is 0. The van der Waals surface area contributed by atoms with Gasteiger partial charge in [0, 0.05) is 21.7 Å². The molecule has 0 amide bonds. The van der Waals surface area contributed by atoms with Gasteiger partial charge < -0.3 is 21.9 Å². The molecule has 0 spiro atoms. The summed E-state index contributed by atoms with van der Waals surface area (Å²) in [7, 11) is 0. The molecule has 0 aliphatic carbocycles. The molecular weight excluding hydrogens is 197 g/mol. The second-order valence-electron chi connectivity index (χ2n) is 0. The van der Waals surface area contributed by atoms with Gasteiger partial charge >= 0.3 is 59.6 Å². The van der Waals surface area contributed by atoms with E-state index in [0.29, 0.717) is 0 Å². The van der Waals surface area contributed by atoms with Crippen molar-refractivity contribution in [2.45, 2.75) is 0 Å². The predicted molar refractivity (Wildman–Crippen MR) is 8.86 cm³/mol. The SMILES string of the molecule is [H+].[OH-].[OH-].[OH-].[OH-].[Rb+].[Ti]. The van der Waals surface area contributed by atoms with E-state index >= 15 is 0 Å². The smallest absolute Gasteiger partial charge is 0.870 e. The van der Waals surface area contributed by atoms with Gasteiger partial charge in [0.05, 0.1) is 0 Å². The molecule has 0 rings (SSSR count). The van der Waals surface area contributed by atoms with Gasteiger partial charge in [-0.15, -0.1) is 0 Å². The third-order valence-electron chi connectivity index (χ3n) is 0. The monoisotopic (exact) mass is 202 g/mol. The first-order valence-corrected chi connectivity index (χ1v) is 0. The first kappa shape index (κ1) is 81.3. The summed E-state index contributed by atoms with van der Waals surface area (Å²) in [5, 5.41) is 0. The van der Waals surface area contributed by atoms with Crippen LogP contribution < -0.4 is 58.2 Å². The molecule has 0 heterocycles. The fourth-order valence-corrected chi connectivity index (χ4v) is 0. The van der Waals surface area contributed by atoms with Crippen molar-refractivity contribution >= 4 is 0 Å². The Morgan fingerprint density at radius 1 is 0.667 bits per heavy atom. The fraction of sp³-hybridized carbons (Fsp3) is 0. The second-order valence-corrected chi connectivity index (χ2v) is 0. The molecule has 6 heavy (non-hydrogen) atoms. The van der Waals surface area contributed by atoms with Gasteiger partial charge in [-0.05, 0) is 0 Å². The molecule has 0 aromatic heterocycles. The van der Waals surface area contributed by atoms with Crippen LogP contribution in [0.3, 0.4) is 0 Å². The number of hydrogen-bond donors (Lipinski definition) is 0. The van der Waals surface area contributed by atoms with Crippen molar-refractivity contribution < 1.29 is 103 Å². The number of rotatable bonds is 0. The molecule has 0 bridgehead atoms. The van der Waals surface area contributed by atoms with Crippen molar-refractivity contribution in [3.8, 4) is 0 Å². The van der Waals surface area contributed by atoms with Crippen LogP contribution in [0.2, 0.25) is 0 Å². The molecule has 6 heteroatoms. The molecule has 0 saturated carbocycles. The van der Waals surface area contributed by atoms with E-state index in [1.165, 1.54) is 0 Å². The Labute approximate surface area is 101 Å². The molecule has 0 radical (unpaired) electrons. The summed E-state index contributed by atoms with van der Waals surface area (Å²) in [5.74, 6) is 0. The van der Waals surface area contributed by atoms with Gasteiger partial charge in [0.1, 0.15) is 0 Å². The van der Waals surface area contributed by atoms with Gasteiger partial charge in [-0.2, -0.15) is 0 Å². The third-order valence-corrected chi connectivity index (χ3v) is 0. The maximum absolute atomic E-state index is 0. The van der Waals surface area contributed by atoms with Crippen molar-refractivity contribution in [3.05, 3.63) is 0 Å². The van der Waals surface area contributed by atoms with Crippen molar-refractivity contribution in [1.29, 1.82) is 0 Å². The molecule has 36 valence electrons. The molecule has 0 unspecified atom stereocenters. The summed E-state index contributed by atoms with van der Waals surface area (Å²) in [6.45, 7) is 0. The zero-order valence-corrected chi connectivity index (χ0v) is 9.77. The summed E-state index contributed by atoms with van der Waals surface area (Å²) in [4.78, 5) is 0.